The third-order valence-corrected chi connectivity index (χ3v) is 4.50. The molecule has 2 aromatic rings. The molecule has 1 aromatic heterocycles. The van der Waals surface area contributed by atoms with Crippen LogP contribution in [0.4, 0.5) is 0 Å². The van der Waals surface area contributed by atoms with E-state index in [-0.39, 0.29) is 0 Å². The normalized spacial score (nSPS) is 14.7. The number of allylic oxidation sites excluding steroid dienone is 4. The van der Waals surface area contributed by atoms with Crippen LogP contribution in [0.1, 0.15) is 17.7 Å². The van der Waals surface area contributed by atoms with E-state index in [0.717, 1.165) is 21.7 Å². The highest BCUT2D eigenvalue weighted by Gasteiger charge is 2.17. The molecule has 2 N–H and O–H groups in total. The van der Waals surface area contributed by atoms with Crippen molar-refractivity contribution in [3.63, 3.8) is 0 Å². The number of halogens is 1. The molecule has 0 spiro atoms. The molecule has 0 saturated heterocycles. The molecular formula is C18H15BrN2OS. The van der Waals surface area contributed by atoms with Crippen molar-refractivity contribution in [2.75, 3.05) is 0 Å². The lowest BCUT2D eigenvalue weighted by molar-refractivity contribution is 0.412. The van der Waals surface area contributed by atoms with Crippen LogP contribution in [0, 0.1) is 0 Å². The number of ether oxygens (including phenoxy) is 1. The predicted molar refractivity (Wildman–Crippen MR) is 99.6 cm³/mol. The van der Waals surface area contributed by atoms with Crippen LogP contribution in [0.5, 0.6) is 5.75 Å². The van der Waals surface area contributed by atoms with E-state index >= 15 is 0 Å². The monoisotopic (exact) mass is 386 g/mol. The summed E-state index contributed by atoms with van der Waals surface area (Å²) in [6.07, 6.45) is 4.88. The van der Waals surface area contributed by atoms with E-state index in [1.165, 1.54) is 5.56 Å². The second-order valence-corrected chi connectivity index (χ2v) is 6.53. The van der Waals surface area contributed by atoms with Gasteiger partial charge in [-0.3, -0.25) is 4.98 Å². The van der Waals surface area contributed by atoms with Gasteiger partial charge in [0.2, 0.25) is 0 Å². The van der Waals surface area contributed by atoms with Gasteiger partial charge in [-0.1, -0.05) is 42.5 Å². The first kappa shape index (κ1) is 15.9. The van der Waals surface area contributed by atoms with Gasteiger partial charge in [0.25, 0.3) is 0 Å². The first-order chi connectivity index (χ1) is 11.1. The van der Waals surface area contributed by atoms with Gasteiger partial charge in [-0.15, -0.1) is 0 Å². The second kappa shape index (κ2) is 7.06. The number of hydrogen-bond acceptors (Lipinski definition) is 4. The standard InChI is InChI=1S/C18H15BrN2OS/c19-14-10-13(11-17(23)18(14)20)22-16-7-4-8-21-15(16)9-12-5-2-1-3-6-12/h1-8,10H,9,11,20H2. The summed E-state index contributed by atoms with van der Waals surface area (Å²) in [7, 11) is 0. The number of nitrogens with zero attached hydrogens (tertiary/aromatic N) is 1. The van der Waals surface area contributed by atoms with Crippen LogP contribution >= 0.6 is 28.1 Å². The molecule has 0 saturated carbocycles. The molecule has 3 rings (SSSR count). The van der Waals surface area contributed by atoms with E-state index in [4.69, 9.17) is 22.7 Å². The maximum atomic E-state index is 6.04. The SMILES string of the molecule is NC1=C(Br)C=C(Oc2cccnc2Cc2ccccc2)CC1=S. The van der Waals surface area contributed by atoms with Gasteiger partial charge in [0.15, 0.2) is 0 Å². The van der Waals surface area contributed by atoms with Crippen molar-refractivity contribution in [2.45, 2.75) is 12.8 Å². The van der Waals surface area contributed by atoms with Crippen molar-refractivity contribution >= 4 is 33.0 Å². The van der Waals surface area contributed by atoms with E-state index in [0.29, 0.717) is 23.4 Å². The molecule has 3 nitrogen and oxygen atoms in total. The van der Waals surface area contributed by atoms with Crippen molar-refractivity contribution in [2.24, 2.45) is 5.73 Å². The van der Waals surface area contributed by atoms with Crippen molar-refractivity contribution in [1.82, 2.24) is 4.98 Å². The van der Waals surface area contributed by atoms with Crippen LogP contribution in [0.3, 0.4) is 0 Å². The van der Waals surface area contributed by atoms with E-state index in [9.17, 15) is 0 Å². The van der Waals surface area contributed by atoms with Crippen molar-refractivity contribution in [3.05, 3.63) is 81.9 Å². The minimum atomic E-state index is 0.524. The number of aromatic nitrogens is 1. The average Bonchev–Trinajstić information content (AvgIpc) is 2.55. The smallest absolute Gasteiger partial charge is 0.148 e. The van der Waals surface area contributed by atoms with Crippen LogP contribution in [-0.4, -0.2) is 9.85 Å². The zero-order valence-corrected chi connectivity index (χ0v) is 14.7. The number of nitrogens with two attached hydrogens (primary N) is 1. The Morgan fingerprint density at radius 2 is 1.96 bits per heavy atom. The lowest BCUT2D eigenvalue weighted by Gasteiger charge is -2.18. The van der Waals surface area contributed by atoms with Crippen molar-refractivity contribution < 1.29 is 4.74 Å². The zero-order valence-electron chi connectivity index (χ0n) is 12.3. The first-order valence-corrected chi connectivity index (χ1v) is 8.38. The van der Waals surface area contributed by atoms with Gasteiger partial charge in [0, 0.05) is 28.4 Å². The Morgan fingerprint density at radius 1 is 1.17 bits per heavy atom. The van der Waals surface area contributed by atoms with Gasteiger partial charge in [0.1, 0.15) is 11.5 Å². The maximum absolute atomic E-state index is 6.04. The molecule has 1 aliphatic carbocycles. The molecule has 0 fully saturated rings. The maximum Gasteiger partial charge on any atom is 0.148 e. The summed E-state index contributed by atoms with van der Waals surface area (Å²) >= 11 is 8.70. The highest BCUT2D eigenvalue weighted by molar-refractivity contribution is 9.12. The summed E-state index contributed by atoms with van der Waals surface area (Å²) in [5.74, 6) is 1.50. The highest BCUT2D eigenvalue weighted by Crippen LogP contribution is 2.28. The summed E-state index contributed by atoms with van der Waals surface area (Å²) in [6, 6.07) is 14.0. The molecule has 1 heterocycles. The Hall–Kier alpha value is -1.98. The number of benzene rings is 1. The molecule has 0 bridgehead atoms. The quantitative estimate of drug-likeness (QED) is 0.796. The second-order valence-electron chi connectivity index (χ2n) is 5.18. The Bertz CT molecular complexity index is 800. The fourth-order valence-electron chi connectivity index (χ4n) is 2.30. The number of pyridine rings is 1. The molecule has 1 aromatic carbocycles. The molecule has 0 amide bonds. The fraction of sp³-hybridized carbons (Fsp3) is 0.111. The Kier molecular flexibility index (Phi) is 4.88. The third kappa shape index (κ3) is 3.86. The van der Waals surface area contributed by atoms with Gasteiger partial charge in [0.05, 0.1) is 11.4 Å². The largest absolute Gasteiger partial charge is 0.459 e. The van der Waals surface area contributed by atoms with E-state index in [1.54, 1.807) is 6.20 Å². The van der Waals surface area contributed by atoms with Gasteiger partial charge >= 0.3 is 0 Å². The number of thiocarbonyl (C=S) groups is 1. The lowest BCUT2D eigenvalue weighted by Crippen LogP contribution is -2.17. The van der Waals surface area contributed by atoms with E-state index in [1.807, 2.05) is 36.4 Å². The zero-order chi connectivity index (χ0) is 16.2. The Labute approximate surface area is 149 Å². The van der Waals surface area contributed by atoms with Crippen LogP contribution < -0.4 is 10.5 Å². The lowest BCUT2D eigenvalue weighted by atomic mass is 10.1. The number of rotatable bonds is 4. The minimum absolute atomic E-state index is 0.524. The fourth-order valence-corrected chi connectivity index (χ4v) is 3.18. The molecule has 23 heavy (non-hydrogen) atoms. The van der Waals surface area contributed by atoms with Crippen LogP contribution in [0.15, 0.2) is 70.7 Å². The summed E-state index contributed by atoms with van der Waals surface area (Å²) in [6.45, 7) is 0. The summed E-state index contributed by atoms with van der Waals surface area (Å²) in [5.41, 5.74) is 8.57. The molecular weight excluding hydrogens is 372 g/mol. The molecule has 0 aliphatic heterocycles. The predicted octanol–water partition coefficient (Wildman–Crippen LogP) is 4.27. The van der Waals surface area contributed by atoms with E-state index in [2.05, 4.69) is 33.0 Å². The van der Waals surface area contributed by atoms with Crippen LogP contribution in [-0.2, 0) is 6.42 Å². The third-order valence-electron chi connectivity index (χ3n) is 3.48. The molecule has 5 heteroatoms. The molecule has 0 unspecified atom stereocenters. The number of hydrogen-bond donors (Lipinski definition) is 1. The molecule has 0 atom stereocenters. The average molecular weight is 387 g/mol. The highest BCUT2D eigenvalue weighted by atomic mass is 79.9. The first-order valence-electron chi connectivity index (χ1n) is 7.18. The Balaban J connectivity index is 1.84. The van der Waals surface area contributed by atoms with Crippen molar-refractivity contribution in [1.29, 1.82) is 0 Å². The summed E-state index contributed by atoms with van der Waals surface area (Å²) in [5, 5.41) is 0. The van der Waals surface area contributed by atoms with Crippen LogP contribution in [0.2, 0.25) is 0 Å². The van der Waals surface area contributed by atoms with Gasteiger partial charge in [-0.2, -0.15) is 0 Å². The summed E-state index contributed by atoms with van der Waals surface area (Å²) in [4.78, 5) is 5.14. The van der Waals surface area contributed by atoms with Crippen LogP contribution in [0.25, 0.3) is 0 Å². The van der Waals surface area contributed by atoms with Gasteiger partial charge < -0.3 is 10.5 Å². The minimum Gasteiger partial charge on any atom is -0.459 e. The Morgan fingerprint density at radius 3 is 2.70 bits per heavy atom. The molecule has 0 radical (unpaired) electrons. The molecule has 1 aliphatic rings. The van der Waals surface area contributed by atoms with E-state index < -0.39 is 0 Å². The molecule has 116 valence electrons. The van der Waals surface area contributed by atoms with Gasteiger partial charge in [-0.25, -0.2) is 0 Å². The van der Waals surface area contributed by atoms with Crippen molar-refractivity contribution in [3.8, 4) is 5.75 Å². The van der Waals surface area contributed by atoms with Gasteiger partial charge in [-0.05, 0) is 39.7 Å². The summed E-state index contributed by atoms with van der Waals surface area (Å²) < 4.78 is 6.80. The topological polar surface area (TPSA) is 48.1 Å².